The van der Waals surface area contributed by atoms with E-state index in [1.54, 1.807) is 31.2 Å². The van der Waals surface area contributed by atoms with Crippen LogP contribution in [-0.4, -0.2) is 28.5 Å². The first-order valence-corrected chi connectivity index (χ1v) is 11.4. The topological polar surface area (TPSA) is 93.7 Å². The predicted octanol–water partition coefficient (Wildman–Crippen LogP) is 5.03. The molecule has 2 N–H and O–H groups in total. The number of anilines is 2. The molecule has 3 aromatic carbocycles. The molecule has 32 heavy (non-hydrogen) atoms. The Morgan fingerprint density at radius 3 is 2.19 bits per heavy atom. The van der Waals surface area contributed by atoms with Gasteiger partial charge in [-0.05, 0) is 43.7 Å². The molecule has 1 amide bonds. The number of methoxy groups -OCH3 is 2. The molecule has 9 heteroatoms. The summed E-state index contributed by atoms with van der Waals surface area (Å²) in [7, 11) is -1.01. The number of hydrogen-bond acceptors (Lipinski definition) is 5. The Hall–Kier alpha value is -3.23. The van der Waals surface area contributed by atoms with Crippen LogP contribution < -0.4 is 19.5 Å². The van der Waals surface area contributed by atoms with Gasteiger partial charge in [0.2, 0.25) is 0 Å². The van der Waals surface area contributed by atoms with Crippen LogP contribution >= 0.6 is 11.6 Å². The molecule has 3 aromatic rings. The fraction of sp³-hybridized carbons (Fsp3) is 0.174. The first-order chi connectivity index (χ1) is 15.1. The Bertz CT molecular complexity index is 1260. The number of ether oxygens (including phenoxy) is 2. The predicted molar refractivity (Wildman–Crippen MR) is 126 cm³/mol. The number of amides is 1. The fourth-order valence-electron chi connectivity index (χ4n) is 3.02. The van der Waals surface area contributed by atoms with Gasteiger partial charge in [-0.15, -0.1) is 0 Å². The number of hydrogen-bond donors (Lipinski definition) is 2. The van der Waals surface area contributed by atoms with Gasteiger partial charge in [-0.3, -0.25) is 9.52 Å². The second kappa shape index (κ2) is 9.50. The van der Waals surface area contributed by atoms with Crippen LogP contribution in [0.3, 0.4) is 0 Å². The van der Waals surface area contributed by atoms with Gasteiger partial charge in [-0.25, -0.2) is 8.42 Å². The molecule has 0 spiro atoms. The molecule has 0 aliphatic rings. The van der Waals surface area contributed by atoms with Gasteiger partial charge in [0.1, 0.15) is 11.5 Å². The molecule has 0 saturated heterocycles. The van der Waals surface area contributed by atoms with Crippen LogP contribution in [0, 0.1) is 13.8 Å². The third-order valence-corrected chi connectivity index (χ3v) is 6.58. The first-order valence-electron chi connectivity index (χ1n) is 9.57. The van der Waals surface area contributed by atoms with E-state index in [1.807, 2.05) is 19.1 Å². The molecule has 0 heterocycles. The van der Waals surface area contributed by atoms with E-state index >= 15 is 0 Å². The maximum absolute atomic E-state index is 13.0. The lowest BCUT2D eigenvalue weighted by molar-refractivity contribution is 0.102. The normalized spacial score (nSPS) is 11.0. The summed E-state index contributed by atoms with van der Waals surface area (Å²) >= 11 is 6.11. The van der Waals surface area contributed by atoms with Gasteiger partial charge in [0.05, 0.1) is 29.8 Å². The minimum atomic E-state index is -3.91. The van der Waals surface area contributed by atoms with Crippen LogP contribution in [0.1, 0.15) is 21.5 Å². The number of benzene rings is 3. The Balaban J connectivity index is 1.91. The maximum Gasteiger partial charge on any atom is 0.262 e. The molecule has 0 atom stereocenters. The molecule has 168 valence electrons. The lowest BCUT2D eigenvalue weighted by Crippen LogP contribution is -2.17. The molecule has 0 unspecified atom stereocenters. The molecule has 0 aliphatic carbocycles. The van der Waals surface area contributed by atoms with E-state index in [-0.39, 0.29) is 10.5 Å². The van der Waals surface area contributed by atoms with Crippen molar-refractivity contribution in [2.75, 3.05) is 24.3 Å². The number of rotatable bonds is 7. The largest absolute Gasteiger partial charge is 0.495 e. The average Bonchev–Trinajstić information content (AvgIpc) is 2.76. The average molecular weight is 475 g/mol. The molecule has 3 rings (SSSR count). The Morgan fingerprint density at radius 1 is 0.906 bits per heavy atom. The van der Waals surface area contributed by atoms with Crippen molar-refractivity contribution in [3.63, 3.8) is 0 Å². The van der Waals surface area contributed by atoms with E-state index < -0.39 is 15.9 Å². The van der Waals surface area contributed by atoms with E-state index in [0.29, 0.717) is 33.5 Å². The second-order valence-electron chi connectivity index (χ2n) is 7.09. The third kappa shape index (κ3) is 5.15. The molecular formula is C23H23ClN2O5S. The third-order valence-electron chi connectivity index (χ3n) is 4.77. The van der Waals surface area contributed by atoms with Gasteiger partial charge in [-0.2, -0.15) is 0 Å². The van der Waals surface area contributed by atoms with Gasteiger partial charge in [0.15, 0.2) is 0 Å². The van der Waals surface area contributed by atoms with Crippen molar-refractivity contribution in [2.45, 2.75) is 18.7 Å². The Morgan fingerprint density at radius 2 is 1.56 bits per heavy atom. The summed E-state index contributed by atoms with van der Waals surface area (Å²) in [5.74, 6) is 0.182. The number of carbonyl (C=O) groups excluding carboxylic acids is 1. The second-order valence-corrected chi connectivity index (χ2v) is 9.15. The highest BCUT2D eigenvalue weighted by atomic mass is 35.5. The Kier molecular flexibility index (Phi) is 6.96. The van der Waals surface area contributed by atoms with Crippen molar-refractivity contribution in [3.8, 4) is 11.5 Å². The summed E-state index contributed by atoms with van der Waals surface area (Å²) in [6, 6.07) is 14.5. The highest BCUT2D eigenvalue weighted by molar-refractivity contribution is 7.92. The summed E-state index contributed by atoms with van der Waals surface area (Å²) in [6.07, 6.45) is 0. The summed E-state index contributed by atoms with van der Waals surface area (Å²) < 4.78 is 38.9. The van der Waals surface area contributed by atoms with Crippen molar-refractivity contribution >= 4 is 38.9 Å². The first kappa shape index (κ1) is 23.4. The fourth-order valence-corrected chi connectivity index (χ4v) is 4.58. The van der Waals surface area contributed by atoms with E-state index in [1.165, 1.54) is 32.4 Å². The quantitative estimate of drug-likeness (QED) is 0.501. The molecule has 0 fully saturated rings. The summed E-state index contributed by atoms with van der Waals surface area (Å²) in [5.41, 5.74) is 2.45. The number of halogens is 1. The van der Waals surface area contributed by atoms with Crippen molar-refractivity contribution in [1.82, 2.24) is 0 Å². The minimum absolute atomic E-state index is 0.00590. The van der Waals surface area contributed by atoms with Gasteiger partial charge in [0.25, 0.3) is 15.9 Å². The SMILES string of the molecule is COc1cc(NC(=O)c2ccc(C)c(S(=O)(=O)Nc3ccc(C)cc3)c2)c(OC)cc1Cl. The lowest BCUT2D eigenvalue weighted by atomic mass is 10.1. The molecular weight excluding hydrogens is 452 g/mol. The van der Waals surface area contributed by atoms with Gasteiger partial charge < -0.3 is 14.8 Å². The zero-order valence-corrected chi connectivity index (χ0v) is 19.6. The van der Waals surface area contributed by atoms with Crippen molar-refractivity contribution in [3.05, 3.63) is 76.3 Å². The van der Waals surface area contributed by atoms with Gasteiger partial charge in [0, 0.05) is 23.4 Å². The number of aryl methyl sites for hydroxylation is 2. The smallest absolute Gasteiger partial charge is 0.262 e. The lowest BCUT2D eigenvalue weighted by Gasteiger charge is -2.14. The van der Waals surface area contributed by atoms with Crippen LogP contribution in [0.15, 0.2) is 59.5 Å². The highest BCUT2D eigenvalue weighted by Gasteiger charge is 2.20. The van der Waals surface area contributed by atoms with Crippen LogP contribution in [-0.2, 0) is 10.0 Å². The van der Waals surface area contributed by atoms with Crippen molar-refractivity contribution in [1.29, 1.82) is 0 Å². The van der Waals surface area contributed by atoms with Gasteiger partial charge >= 0.3 is 0 Å². The zero-order valence-electron chi connectivity index (χ0n) is 18.0. The number of sulfonamides is 1. The molecule has 0 aliphatic heterocycles. The highest BCUT2D eigenvalue weighted by Crippen LogP contribution is 2.36. The Labute approximate surface area is 192 Å². The van der Waals surface area contributed by atoms with Crippen LogP contribution in [0.25, 0.3) is 0 Å². The van der Waals surface area contributed by atoms with E-state index in [9.17, 15) is 13.2 Å². The number of nitrogens with one attached hydrogen (secondary N) is 2. The zero-order chi connectivity index (χ0) is 23.5. The van der Waals surface area contributed by atoms with E-state index in [4.69, 9.17) is 21.1 Å². The summed E-state index contributed by atoms with van der Waals surface area (Å²) in [5, 5.41) is 3.04. The van der Waals surface area contributed by atoms with Crippen LogP contribution in [0.4, 0.5) is 11.4 Å². The standard InChI is InChI=1S/C23H23ClN2O5S/c1-14-5-9-17(10-6-14)26-32(28,29)22-11-16(8-7-15(22)2)23(27)25-19-13-20(30-3)18(24)12-21(19)31-4/h5-13,26H,1-4H3,(H,25,27). The summed E-state index contributed by atoms with van der Waals surface area (Å²) in [6.45, 7) is 3.58. The molecule has 0 bridgehead atoms. The van der Waals surface area contributed by atoms with Crippen molar-refractivity contribution in [2.24, 2.45) is 0 Å². The maximum atomic E-state index is 13.0. The van der Waals surface area contributed by atoms with Crippen LogP contribution in [0.5, 0.6) is 11.5 Å². The van der Waals surface area contributed by atoms with E-state index in [0.717, 1.165) is 5.56 Å². The van der Waals surface area contributed by atoms with Crippen molar-refractivity contribution < 1.29 is 22.7 Å². The molecule has 0 saturated carbocycles. The van der Waals surface area contributed by atoms with Gasteiger partial charge in [-0.1, -0.05) is 35.4 Å². The minimum Gasteiger partial charge on any atom is -0.495 e. The monoisotopic (exact) mass is 474 g/mol. The van der Waals surface area contributed by atoms with Crippen LogP contribution in [0.2, 0.25) is 5.02 Å². The summed E-state index contributed by atoms with van der Waals surface area (Å²) in [4.78, 5) is 12.9. The molecule has 7 nitrogen and oxygen atoms in total. The molecule has 0 radical (unpaired) electrons. The number of carbonyl (C=O) groups is 1. The van der Waals surface area contributed by atoms with E-state index in [2.05, 4.69) is 10.0 Å². The molecule has 0 aromatic heterocycles.